The van der Waals surface area contributed by atoms with Crippen molar-refractivity contribution in [3.05, 3.63) is 41.6 Å². The van der Waals surface area contributed by atoms with Crippen LogP contribution in [0.15, 0.2) is 28.9 Å². The van der Waals surface area contributed by atoms with E-state index in [1.807, 2.05) is 6.07 Å². The van der Waals surface area contributed by atoms with Gasteiger partial charge in [-0.1, -0.05) is 0 Å². The summed E-state index contributed by atoms with van der Waals surface area (Å²) in [7, 11) is 0. The highest BCUT2D eigenvalue weighted by Crippen LogP contribution is 2.08. The molecule has 0 aromatic carbocycles. The summed E-state index contributed by atoms with van der Waals surface area (Å²) in [6.45, 7) is 0. The van der Waals surface area contributed by atoms with E-state index in [-0.39, 0.29) is 5.69 Å². The van der Waals surface area contributed by atoms with Crippen molar-refractivity contribution < 1.29 is 14.3 Å². The van der Waals surface area contributed by atoms with Gasteiger partial charge in [0.1, 0.15) is 5.76 Å². The van der Waals surface area contributed by atoms with Crippen molar-refractivity contribution in [1.82, 2.24) is 10.2 Å². The Morgan fingerprint density at radius 3 is 3.07 bits per heavy atom. The number of aromatic nitrogens is 2. The topological polar surface area (TPSA) is 79.1 Å². The minimum atomic E-state index is -1.04. The third-order valence-electron chi connectivity index (χ3n) is 1.79. The molecule has 72 valence electrons. The second-order valence-electron chi connectivity index (χ2n) is 2.84. The zero-order valence-corrected chi connectivity index (χ0v) is 7.23. The molecule has 0 bridgehead atoms. The fraction of sp³-hybridized carbons (Fsp3) is 0.111. The van der Waals surface area contributed by atoms with Crippen LogP contribution in [0.4, 0.5) is 0 Å². The normalized spacial score (nSPS) is 10.3. The number of furan rings is 1. The van der Waals surface area contributed by atoms with E-state index in [1.165, 1.54) is 6.07 Å². The van der Waals surface area contributed by atoms with Crippen molar-refractivity contribution in [1.29, 1.82) is 0 Å². The first-order chi connectivity index (χ1) is 6.75. The molecule has 0 amide bonds. The van der Waals surface area contributed by atoms with Gasteiger partial charge in [0.15, 0.2) is 5.69 Å². The molecule has 2 rings (SSSR count). The number of nitrogens with one attached hydrogen (secondary N) is 1. The molecule has 2 heterocycles. The van der Waals surface area contributed by atoms with Crippen LogP contribution in [-0.4, -0.2) is 21.3 Å². The lowest BCUT2D eigenvalue weighted by molar-refractivity contribution is 0.0690. The number of carboxylic acids is 1. The summed E-state index contributed by atoms with van der Waals surface area (Å²) in [6.07, 6.45) is 2.09. The quantitative estimate of drug-likeness (QED) is 0.767. The van der Waals surface area contributed by atoms with Crippen LogP contribution in [0.25, 0.3) is 0 Å². The number of nitrogens with zero attached hydrogens (tertiary/aromatic N) is 1. The third kappa shape index (κ3) is 1.66. The Bertz CT molecular complexity index is 431. The van der Waals surface area contributed by atoms with Crippen LogP contribution < -0.4 is 0 Å². The highest BCUT2D eigenvalue weighted by atomic mass is 16.4. The molecule has 0 spiro atoms. The average Bonchev–Trinajstić information content (AvgIpc) is 2.75. The van der Waals surface area contributed by atoms with E-state index >= 15 is 0 Å². The number of aromatic carboxylic acids is 1. The van der Waals surface area contributed by atoms with Gasteiger partial charge in [0.25, 0.3) is 0 Å². The van der Waals surface area contributed by atoms with Gasteiger partial charge in [-0.25, -0.2) is 4.79 Å². The van der Waals surface area contributed by atoms with Crippen LogP contribution in [0.3, 0.4) is 0 Å². The number of H-pyrrole nitrogens is 1. The summed E-state index contributed by atoms with van der Waals surface area (Å²) in [5.74, 6) is -0.266. The van der Waals surface area contributed by atoms with Gasteiger partial charge in [-0.2, -0.15) is 5.10 Å². The molecule has 2 aromatic heterocycles. The summed E-state index contributed by atoms with van der Waals surface area (Å²) in [5, 5.41) is 14.9. The second-order valence-corrected chi connectivity index (χ2v) is 2.84. The predicted molar refractivity (Wildman–Crippen MR) is 47.1 cm³/mol. The molecule has 2 N–H and O–H groups in total. The molecule has 0 aliphatic rings. The minimum Gasteiger partial charge on any atom is -0.476 e. The zero-order valence-electron chi connectivity index (χ0n) is 7.23. The summed E-state index contributed by atoms with van der Waals surface area (Å²) in [4.78, 5) is 10.5. The standard InChI is InChI=1S/C9H8N2O3/c12-9(13)8-5-6(10-11-8)4-7-2-1-3-14-7/h1-3,5H,4H2,(H,10,11)(H,12,13). The van der Waals surface area contributed by atoms with Crippen LogP contribution in [0.1, 0.15) is 21.9 Å². The van der Waals surface area contributed by atoms with Crippen LogP contribution in [0.2, 0.25) is 0 Å². The van der Waals surface area contributed by atoms with Crippen molar-refractivity contribution in [3.63, 3.8) is 0 Å². The van der Waals surface area contributed by atoms with E-state index in [4.69, 9.17) is 9.52 Å². The molecule has 0 saturated carbocycles. The first kappa shape index (κ1) is 8.55. The number of aromatic amines is 1. The number of carboxylic acid groups (broad SMARTS) is 1. The molecular weight excluding hydrogens is 184 g/mol. The summed E-state index contributed by atoms with van der Waals surface area (Å²) >= 11 is 0. The maximum atomic E-state index is 10.5. The Morgan fingerprint density at radius 1 is 1.64 bits per heavy atom. The molecular formula is C9H8N2O3. The first-order valence-corrected chi connectivity index (χ1v) is 4.05. The van der Waals surface area contributed by atoms with Gasteiger partial charge < -0.3 is 9.52 Å². The second kappa shape index (κ2) is 3.37. The third-order valence-corrected chi connectivity index (χ3v) is 1.79. The largest absolute Gasteiger partial charge is 0.476 e. The number of hydrogen-bond acceptors (Lipinski definition) is 3. The highest BCUT2D eigenvalue weighted by Gasteiger charge is 2.08. The Balaban J connectivity index is 2.14. The van der Waals surface area contributed by atoms with Gasteiger partial charge in [-0.05, 0) is 18.2 Å². The number of hydrogen-bond donors (Lipinski definition) is 2. The summed E-state index contributed by atoms with van der Waals surface area (Å²) in [5.41, 5.74) is 0.740. The van der Waals surface area contributed by atoms with Gasteiger partial charge in [0.05, 0.1) is 6.26 Å². The Kier molecular flexibility index (Phi) is 2.06. The van der Waals surface area contributed by atoms with E-state index in [0.29, 0.717) is 6.42 Å². The van der Waals surface area contributed by atoms with E-state index in [1.54, 1.807) is 12.3 Å². The molecule has 5 nitrogen and oxygen atoms in total. The van der Waals surface area contributed by atoms with Crippen molar-refractivity contribution in [2.45, 2.75) is 6.42 Å². The van der Waals surface area contributed by atoms with E-state index in [2.05, 4.69) is 10.2 Å². The summed E-state index contributed by atoms with van der Waals surface area (Å²) < 4.78 is 5.11. The molecule has 5 heteroatoms. The molecule has 0 aliphatic heterocycles. The lowest BCUT2D eigenvalue weighted by Gasteiger charge is -1.90. The predicted octanol–water partition coefficient (Wildman–Crippen LogP) is 1.29. The fourth-order valence-corrected chi connectivity index (χ4v) is 1.16. The van der Waals surface area contributed by atoms with Gasteiger partial charge >= 0.3 is 5.97 Å². The summed E-state index contributed by atoms with van der Waals surface area (Å²) in [6, 6.07) is 5.09. The highest BCUT2D eigenvalue weighted by molar-refractivity contribution is 5.85. The van der Waals surface area contributed by atoms with Crippen molar-refractivity contribution in [2.75, 3.05) is 0 Å². The van der Waals surface area contributed by atoms with Crippen LogP contribution >= 0.6 is 0 Å². The first-order valence-electron chi connectivity index (χ1n) is 4.05. The SMILES string of the molecule is O=C(O)c1cc(Cc2ccco2)[nH]n1. The Labute approximate surface area is 79.4 Å². The van der Waals surface area contributed by atoms with Crippen molar-refractivity contribution in [2.24, 2.45) is 0 Å². The average molecular weight is 192 g/mol. The molecule has 0 fully saturated rings. The van der Waals surface area contributed by atoms with Gasteiger partial charge in [0, 0.05) is 12.1 Å². The molecule has 0 unspecified atom stereocenters. The van der Waals surface area contributed by atoms with Gasteiger partial charge in [-0.15, -0.1) is 0 Å². The lowest BCUT2D eigenvalue weighted by Crippen LogP contribution is -1.95. The Hall–Kier alpha value is -2.04. The van der Waals surface area contributed by atoms with Crippen molar-refractivity contribution >= 4 is 5.97 Å². The maximum absolute atomic E-state index is 10.5. The zero-order chi connectivity index (χ0) is 9.97. The molecule has 0 atom stereocenters. The van der Waals surface area contributed by atoms with Crippen LogP contribution in [0, 0.1) is 0 Å². The lowest BCUT2D eigenvalue weighted by atomic mass is 10.2. The van der Waals surface area contributed by atoms with Crippen LogP contribution in [0.5, 0.6) is 0 Å². The van der Waals surface area contributed by atoms with E-state index in [0.717, 1.165) is 11.5 Å². The van der Waals surface area contributed by atoms with Crippen molar-refractivity contribution in [3.8, 4) is 0 Å². The van der Waals surface area contributed by atoms with Gasteiger partial charge in [0.2, 0.25) is 0 Å². The van der Waals surface area contributed by atoms with E-state index in [9.17, 15) is 4.79 Å². The molecule has 0 saturated heterocycles. The number of rotatable bonds is 3. The van der Waals surface area contributed by atoms with Crippen LogP contribution in [-0.2, 0) is 6.42 Å². The molecule has 0 radical (unpaired) electrons. The molecule has 0 aliphatic carbocycles. The monoisotopic (exact) mass is 192 g/mol. The van der Waals surface area contributed by atoms with Gasteiger partial charge in [-0.3, -0.25) is 5.10 Å². The molecule has 2 aromatic rings. The van der Waals surface area contributed by atoms with E-state index < -0.39 is 5.97 Å². The number of carbonyl (C=O) groups is 1. The minimum absolute atomic E-state index is 0.0200. The smallest absolute Gasteiger partial charge is 0.356 e. The Morgan fingerprint density at radius 2 is 2.50 bits per heavy atom. The fourth-order valence-electron chi connectivity index (χ4n) is 1.16. The molecule has 14 heavy (non-hydrogen) atoms. The maximum Gasteiger partial charge on any atom is 0.356 e.